The number of nitrogens with one attached hydrogen (secondary N) is 1. The molecule has 3 aromatic heterocycles. The van der Waals surface area contributed by atoms with Crippen molar-refractivity contribution in [2.75, 3.05) is 11.1 Å². The summed E-state index contributed by atoms with van der Waals surface area (Å²) in [6.07, 6.45) is 6.10. The zero-order valence-corrected chi connectivity index (χ0v) is 17.9. The van der Waals surface area contributed by atoms with E-state index in [0.29, 0.717) is 34.4 Å². The fourth-order valence-electron chi connectivity index (χ4n) is 4.21. The Balaban J connectivity index is 1.65. The van der Waals surface area contributed by atoms with Gasteiger partial charge in [-0.15, -0.1) is 0 Å². The number of nitrogen functional groups attached to an aromatic ring is 1. The lowest BCUT2D eigenvalue weighted by Crippen LogP contribution is -2.33. The predicted molar refractivity (Wildman–Crippen MR) is 118 cm³/mol. The van der Waals surface area contributed by atoms with Gasteiger partial charge in [-0.05, 0) is 37.0 Å². The molecular formula is C23H22FN7O. The standard InChI is InChI=1S/C23H22FN7O/c1-12(2)10-15-21-26-8-9-31(21)11-16(27-15)19-28-18(25)17-20(29-19)30-22(32)23(17,3)13-4-6-14(24)7-5-13/h4-9,11-12H,10H2,1-3H3,(H3,25,28,29,30,32). The highest BCUT2D eigenvalue weighted by Crippen LogP contribution is 2.44. The molecule has 4 aromatic rings. The largest absolute Gasteiger partial charge is 0.383 e. The summed E-state index contributed by atoms with van der Waals surface area (Å²) in [5.41, 5.74) is 8.47. The summed E-state index contributed by atoms with van der Waals surface area (Å²) in [4.78, 5) is 31.2. The van der Waals surface area contributed by atoms with Gasteiger partial charge in [0.2, 0.25) is 5.91 Å². The van der Waals surface area contributed by atoms with E-state index in [1.807, 2.05) is 10.6 Å². The maximum Gasteiger partial charge on any atom is 0.240 e. The maximum atomic E-state index is 13.4. The number of amides is 1. The second kappa shape index (κ2) is 7.08. The highest BCUT2D eigenvalue weighted by Gasteiger charge is 2.47. The Kier molecular flexibility index (Phi) is 4.44. The van der Waals surface area contributed by atoms with E-state index >= 15 is 0 Å². The number of hydrogen-bond acceptors (Lipinski definition) is 6. The normalized spacial score (nSPS) is 17.7. The van der Waals surface area contributed by atoms with E-state index in [1.165, 1.54) is 12.1 Å². The summed E-state index contributed by atoms with van der Waals surface area (Å²) in [6.45, 7) is 5.96. The van der Waals surface area contributed by atoms with E-state index in [1.54, 1.807) is 31.5 Å². The van der Waals surface area contributed by atoms with Crippen LogP contribution < -0.4 is 11.1 Å². The van der Waals surface area contributed by atoms with Gasteiger partial charge in [0.1, 0.15) is 28.6 Å². The Labute approximate surface area is 183 Å². The van der Waals surface area contributed by atoms with E-state index in [2.05, 4.69) is 34.1 Å². The van der Waals surface area contributed by atoms with Crippen molar-refractivity contribution in [2.45, 2.75) is 32.6 Å². The van der Waals surface area contributed by atoms with Crippen LogP contribution >= 0.6 is 0 Å². The molecule has 1 aliphatic rings. The number of rotatable bonds is 4. The second-order valence-electron chi connectivity index (χ2n) is 8.57. The molecule has 1 atom stereocenters. The molecule has 1 aliphatic heterocycles. The molecule has 0 fully saturated rings. The molecule has 32 heavy (non-hydrogen) atoms. The Morgan fingerprint density at radius 1 is 1.19 bits per heavy atom. The number of imidazole rings is 1. The minimum absolute atomic E-state index is 0.174. The predicted octanol–water partition coefficient (Wildman–Crippen LogP) is 3.36. The van der Waals surface area contributed by atoms with E-state index in [9.17, 15) is 9.18 Å². The fourth-order valence-corrected chi connectivity index (χ4v) is 4.21. The third-order valence-electron chi connectivity index (χ3n) is 5.82. The molecule has 1 amide bonds. The molecule has 0 aliphatic carbocycles. The Morgan fingerprint density at radius 2 is 1.94 bits per heavy atom. The van der Waals surface area contributed by atoms with Crippen LogP contribution in [0.25, 0.3) is 17.2 Å². The Bertz CT molecular complexity index is 1360. The summed E-state index contributed by atoms with van der Waals surface area (Å²) in [6, 6.07) is 5.78. The summed E-state index contributed by atoms with van der Waals surface area (Å²) in [7, 11) is 0. The molecule has 0 spiro atoms. The summed E-state index contributed by atoms with van der Waals surface area (Å²) in [5, 5.41) is 2.82. The number of carbonyl (C=O) groups excluding carboxylic acids is 1. The van der Waals surface area contributed by atoms with Crippen LogP contribution in [0.1, 0.15) is 37.6 Å². The van der Waals surface area contributed by atoms with Gasteiger partial charge < -0.3 is 15.5 Å². The van der Waals surface area contributed by atoms with Crippen molar-refractivity contribution >= 4 is 23.2 Å². The van der Waals surface area contributed by atoms with Crippen LogP contribution in [-0.2, 0) is 16.6 Å². The first-order valence-electron chi connectivity index (χ1n) is 10.4. The van der Waals surface area contributed by atoms with E-state index < -0.39 is 5.41 Å². The van der Waals surface area contributed by atoms with Crippen LogP contribution in [0.3, 0.4) is 0 Å². The van der Waals surface area contributed by atoms with Crippen molar-refractivity contribution in [3.63, 3.8) is 0 Å². The van der Waals surface area contributed by atoms with Gasteiger partial charge in [0, 0.05) is 18.6 Å². The van der Waals surface area contributed by atoms with Crippen molar-refractivity contribution in [2.24, 2.45) is 5.92 Å². The number of fused-ring (bicyclic) bond motifs is 2. The third kappa shape index (κ3) is 3.00. The first kappa shape index (κ1) is 20.0. The quantitative estimate of drug-likeness (QED) is 0.513. The lowest BCUT2D eigenvalue weighted by atomic mass is 9.78. The number of halogens is 1. The Morgan fingerprint density at radius 3 is 2.66 bits per heavy atom. The first-order valence-corrected chi connectivity index (χ1v) is 10.4. The van der Waals surface area contributed by atoms with Gasteiger partial charge in [-0.25, -0.2) is 24.3 Å². The van der Waals surface area contributed by atoms with Crippen LogP contribution in [0, 0.1) is 11.7 Å². The summed E-state index contributed by atoms with van der Waals surface area (Å²) in [5.74, 6) is 0.533. The van der Waals surface area contributed by atoms with Crippen LogP contribution in [0.15, 0.2) is 42.9 Å². The third-order valence-corrected chi connectivity index (χ3v) is 5.82. The number of aromatic nitrogens is 5. The zero-order valence-electron chi connectivity index (χ0n) is 17.9. The topological polar surface area (TPSA) is 111 Å². The highest BCUT2D eigenvalue weighted by atomic mass is 19.1. The van der Waals surface area contributed by atoms with Crippen molar-refractivity contribution in [1.29, 1.82) is 0 Å². The van der Waals surface area contributed by atoms with E-state index in [0.717, 1.165) is 17.8 Å². The fraction of sp³-hybridized carbons (Fsp3) is 0.261. The molecule has 1 aromatic carbocycles. The molecule has 9 heteroatoms. The van der Waals surface area contributed by atoms with Gasteiger partial charge in [-0.2, -0.15) is 0 Å². The lowest BCUT2D eigenvalue weighted by Gasteiger charge is -2.23. The molecule has 0 saturated carbocycles. The summed E-state index contributed by atoms with van der Waals surface area (Å²) >= 11 is 0. The van der Waals surface area contributed by atoms with Crippen LogP contribution in [0.4, 0.5) is 16.0 Å². The molecule has 3 N–H and O–H groups in total. The van der Waals surface area contributed by atoms with Gasteiger partial charge in [-0.1, -0.05) is 26.0 Å². The van der Waals surface area contributed by atoms with Gasteiger partial charge in [-0.3, -0.25) is 4.79 Å². The van der Waals surface area contributed by atoms with Gasteiger partial charge in [0.25, 0.3) is 0 Å². The van der Waals surface area contributed by atoms with Gasteiger partial charge >= 0.3 is 0 Å². The minimum Gasteiger partial charge on any atom is -0.383 e. The van der Waals surface area contributed by atoms with Crippen molar-refractivity contribution in [1.82, 2.24) is 24.3 Å². The smallest absolute Gasteiger partial charge is 0.240 e. The molecule has 0 saturated heterocycles. The van der Waals surface area contributed by atoms with E-state index in [4.69, 9.17) is 10.7 Å². The van der Waals surface area contributed by atoms with Crippen molar-refractivity contribution < 1.29 is 9.18 Å². The SMILES string of the molecule is CC(C)Cc1nc(-c2nc(N)c3c(n2)NC(=O)C3(C)c2ccc(F)cc2)cn2ccnc12. The number of hydrogen-bond donors (Lipinski definition) is 2. The zero-order chi connectivity index (χ0) is 22.6. The molecule has 4 heterocycles. The number of nitrogens with zero attached hydrogens (tertiary/aromatic N) is 5. The number of anilines is 2. The van der Waals surface area contributed by atoms with Crippen molar-refractivity contribution in [3.8, 4) is 11.5 Å². The van der Waals surface area contributed by atoms with E-state index in [-0.39, 0.29) is 17.5 Å². The van der Waals surface area contributed by atoms with Crippen molar-refractivity contribution in [3.05, 3.63) is 65.5 Å². The average molecular weight is 431 g/mol. The highest BCUT2D eigenvalue weighted by molar-refractivity contribution is 6.09. The average Bonchev–Trinajstić information content (AvgIpc) is 3.31. The molecule has 0 radical (unpaired) electrons. The maximum absolute atomic E-state index is 13.4. The van der Waals surface area contributed by atoms with Gasteiger partial charge in [0.05, 0.1) is 11.3 Å². The van der Waals surface area contributed by atoms with Crippen LogP contribution in [0.5, 0.6) is 0 Å². The lowest BCUT2D eigenvalue weighted by molar-refractivity contribution is -0.119. The number of benzene rings is 1. The first-order chi connectivity index (χ1) is 15.3. The van der Waals surface area contributed by atoms with Crippen LogP contribution in [0.2, 0.25) is 0 Å². The molecule has 5 rings (SSSR count). The molecule has 1 unspecified atom stereocenters. The van der Waals surface area contributed by atoms with Gasteiger partial charge in [0.15, 0.2) is 11.5 Å². The number of nitrogens with two attached hydrogens (primary N) is 1. The molecular weight excluding hydrogens is 409 g/mol. The monoisotopic (exact) mass is 431 g/mol. The molecule has 0 bridgehead atoms. The number of carbonyl (C=O) groups is 1. The summed E-state index contributed by atoms with van der Waals surface area (Å²) < 4.78 is 15.3. The van der Waals surface area contributed by atoms with Crippen LogP contribution in [-0.4, -0.2) is 30.2 Å². The second-order valence-corrected chi connectivity index (χ2v) is 8.57. The molecule has 8 nitrogen and oxygen atoms in total. The molecule has 162 valence electrons. The minimum atomic E-state index is -1.13. The Hall–Kier alpha value is -3.88.